The van der Waals surface area contributed by atoms with E-state index in [9.17, 15) is 43.5 Å². The van der Waals surface area contributed by atoms with E-state index in [1.54, 1.807) is 0 Å². The minimum atomic E-state index is -4.91. The van der Waals surface area contributed by atoms with Gasteiger partial charge in [0.1, 0.15) is 25.4 Å². The van der Waals surface area contributed by atoms with Crippen LogP contribution in [0.1, 0.15) is 252 Å². The Kier molecular flexibility index (Phi) is 55.3. The van der Waals surface area contributed by atoms with Crippen molar-refractivity contribution in [1.82, 2.24) is 0 Å². The SMILES string of the molecule is CC/C=C\C/C=C\C/C=C\C/C=C\C/C=C\CCCCCCCC(=O)OCC(O)COP(=O)(O)OCC(O)COP(=O)(O)OCC(COC(=O)CCCCCCC/C=C\CCCCCC)OC(=O)CCCCCCCCCCCCC. The summed E-state index contributed by atoms with van der Waals surface area (Å²) in [4.78, 5) is 58.1. The molecule has 0 amide bonds. The predicted molar refractivity (Wildman–Crippen MR) is 325 cm³/mol. The van der Waals surface area contributed by atoms with Crippen LogP contribution in [0.3, 0.4) is 0 Å². The first-order valence-electron chi connectivity index (χ1n) is 31.2. The molecule has 0 aliphatic rings. The van der Waals surface area contributed by atoms with Crippen LogP contribution >= 0.6 is 15.6 Å². The van der Waals surface area contributed by atoms with Gasteiger partial charge in [0.15, 0.2) is 6.10 Å². The molecule has 0 aliphatic heterocycles. The largest absolute Gasteiger partial charge is 0.472 e. The van der Waals surface area contributed by atoms with Gasteiger partial charge in [0, 0.05) is 19.3 Å². The summed E-state index contributed by atoms with van der Waals surface area (Å²) < 4.78 is 60.6. The number of carbonyl (C=O) groups excluding carboxylic acids is 3. The van der Waals surface area contributed by atoms with Gasteiger partial charge in [0.2, 0.25) is 0 Å². The van der Waals surface area contributed by atoms with Crippen LogP contribution in [0.25, 0.3) is 0 Å². The Morgan fingerprint density at radius 1 is 0.358 bits per heavy atom. The number of aliphatic hydroxyl groups is 2. The Bertz CT molecular complexity index is 1780. The van der Waals surface area contributed by atoms with Gasteiger partial charge < -0.3 is 34.2 Å². The maximum atomic E-state index is 12.8. The molecule has 0 aromatic carbocycles. The quantitative estimate of drug-likeness (QED) is 0.0146. The molecule has 18 heteroatoms. The molecule has 0 fully saturated rings. The number of allylic oxidation sites excluding steroid dienone is 12. The van der Waals surface area contributed by atoms with Crippen molar-refractivity contribution in [3.8, 4) is 0 Å². The third-order valence-electron chi connectivity index (χ3n) is 12.9. The number of carbonyl (C=O) groups is 3. The van der Waals surface area contributed by atoms with Crippen LogP contribution in [0.5, 0.6) is 0 Å². The minimum absolute atomic E-state index is 0.107. The van der Waals surface area contributed by atoms with Gasteiger partial charge in [-0.2, -0.15) is 0 Å². The Morgan fingerprint density at radius 2 is 0.654 bits per heavy atom. The molecule has 5 unspecified atom stereocenters. The summed E-state index contributed by atoms with van der Waals surface area (Å²) in [5.74, 6) is -1.60. The lowest BCUT2D eigenvalue weighted by Crippen LogP contribution is -2.30. The van der Waals surface area contributed by atoms with Crippen molar-refractivity contribution < 1.29 is 75.8 Å². The van der Waals surface area contributed by atoms with E-state index in [0.717, 1.165) is 128 Å². The summed E-state index contributed by atoms with van der Waals surface area (Å²) >= 11 is 0. The molecule has 16 nitrogen and oxygen atoms in total. The smallest absolute Gasteiger partial charge is 0.463 e. The lowest BCUT2D eigenvalue weighted by atomic mass is 10.1. The van der Waals surface area contributed by atoms with Gasteiger partial charge in [0.05, 0.1) is 26.4 Å². The topological polar surface area (TPSA) is 231 Å². The summed E-state index contributed by atoms with van der Waals surface area (Å²) in [7, 11) is -9.76. The van der Waals surface area contributed by atoms with E-state index >= 15 is 0 Å². The molecule has 0 heterocycles. The van der Waals surface area contributed by atoms with Crippen LogP contribution in [0.4, 0.5) is 0 Å². The number of aliphatic hydroxyl groups excluding tert-OH is 2. The number of phosphoric ester groups is 2. The monoisotopic (exact) mass is 1190 g/mol. The zero-order valence-electron chi connectivity index (χ0n) is 50.4. The highest BCUT2D eigenvalue weighted by atomic mass is 31.2. The van der Waals surface area contributed by atoms with E-state index in [0.29, 0.717) is 19.3 Å². The number of ether oxygens (including phenoxy) is 3. The molecule has 0 spiro atoms. The van der Waals surface area contributed by atoms with Gasteiger partial charge in [-0.15, -0.1) is 0 Å². The molecule has 0 rings (SSSR count). The second-order valence-corrected chi connectivity index (χ2v) is 23.7. The summed E-state index contributed by atoms with van der Waals surface area (Å²) in [5.41, 5.74) is 0. The zero-order chi connectivity index (χ0) is 59.6. The highest BCUT2D eigenvalue weighted by Crippen LogP contribution is 2.45. The van der Waals surface area contributed by atoms with Crippen molar-refractivity contribution in [1.29, 1.82) is 0 Å². The zero-order valence-corrected chi connectivity index (χ0v) is 52.2. The molecule has 5 atom stereocenters. The van der Waals surface area contributed by atoms with Gasteiger partial charge in [0.25, 0.3) is 0 Å². The number of hydrogen-bond donors (Lipinski definition) is 4. The summed E-state index contributed by atoms with van der Waals surface area (Å²) in [5, 5.41) is 20.5. The number of rotatable bonds is 59. The summed E-state index contributed by atoms with van der Waals surface area (Å²) in [6.45, 7) is 2.49. The first kappa shape index (κ1) is 78.0. The first-order valence-corrected chi connectivity index (χ1v) is 34.2. The minimum Gasteiger partial charge on any atom is -0.463 e. The lowest BCUT2D eigenvalue weighted by molar-refractivity contribution is -0.161. The Labute approximate surface area is 490 Å². The normalized spacial score (nSPS) is 14.9. The van der Waals surface area contributed by atoms with Gasteiger partial charge in [-0.1, -0.05) is 216 Å². The van der Waals surface area contributed by atoms with E-state index in [1.165, 1.54) is 64.2 Å². The Morgan fingerprint density at radius 3 is 1.06 bits per heavy atom. The maximum Gasteiger partial charge on any atom is 0.472 e. The van der Waals surface area contributed by atoms with Crippen LogP contribution in [-0.4, -0.2) is 95.9 Å². The average molecular weight is 1190 g/mol. The molecule has 0 saturated heterocycles. The fourth-order valence-corrected chi connectivity index (χ4v) is 9.70. The van der Waals surface area contributed by atoms with Crippen LogP contribution in [0, 0.1) is 0 Å². The van der Waals surface area contributed by atoms with E-state index in [1.807, 2.05) is 0 Å². The average Bonchev–Trinajstić information content (AvgIpc) is 3.45. The van der Waals surface area contributed by atoms with Crippen molar-refractivity contribution in [3.63, 3.8) is 0 Å². The third kappa shape index (κ3) is 58.6. The van der Waals surface area contributed by atoms with Crippen LogP contribution < -0.4 is 0 Å². The summed E-state index contributed by atoms with van der Waals surface area (Å²) in [6.07, 6.45) is 56.9. The van der Waals surface area contributed by atoms with Crippen LogP contribution in [-0.2, 0) is 55.8 Å². The molecule has 0 radical (unpaired) electrons. The molecule has 0 aromatic heterocycles. The Balaban J connectivity index is 4.57. The molecule has 470 valence electrons. The fraction of sp³-hybridized carbons (Fsp3) is 0.762. The van der Waals surface area contributed by atoms with E-state index < -0.39 is 91.5 Å². The molecular weight excluding hydrogens is 1070 g/mol. The van der Waals surface area contributed by atoms with Crippen molar-refractivity contribution in [3.05, 3.63) is 72.9 Å². The van der Waals surface area contributed by atoms with E-state index in [-0.39, 0.29) is 19.3 Å². The van der Waals surface area contributed by atoms with Crippen molar-refractivity contribution in [2.24, 2.45) is 0 Å². The highest BCUT2D eigenvalue weighted by Gasteiger charge is 2.29. The maximum absolute atomic E-state index is 12.8. The number of esters is 3. The number of phosphoric acid groups is 2. The van der Waals surface area contributed by atoms with Crippen molar-refractivity contribution >= 4 is 33.6 Å². The molecule has 4 N–H and O–H groups in total. The van der Waals surface area contributed by atoms with E-state index in [2.05, 4.69) is 93.7 Å². The number of hydrogen-bond acceptors (Lipinski definition) is 14. The van der Waals surface area contributed by atoms with Gasteiger partial charge in [-0.05, 0) is 89.9 Å². The second-order valence-electron chi connectivity index (χ2n) is 20.8. The molecule has 81 heavy (non-hydrogen) atoms. The highest BCUT2D eigenvalue weighted by molar-refractivity contribution is 7.47. The third-order valence-corrected chi connectivity index (χ3v) is 14.8. The van der Waals surface area contributed by atoms with Crippen molar-refractivity contribution in [2.75, 3.05) is 39.6 Å². The lowest BCUT2D eigenvalue weighted by Gasteiger charge is -2.21. The molecule has 0 bridgehead atoms. The van der Waals surface area contributed by atoms with Gasteiger partial charge >= 0.3 is 33.6 Å². The first-order chi connectivity index (χ1) is 39.2. The van der Waals surface area contributed by atoms with Crippen LogP contribution in [0.15, 0.2) is 72.9 Å². The second kappa shape index (κ2) is 57.4. The summed E-state index contributed by atoms with van der Waals surface area (Å²) in [6, 6.07) is 0. The standard InChI is InChI=1S/C63H112O16P2/c1-4-7-10-13-16-19-22-24-25-26-27-28-29-30-31-33-36-37-40-43-46-49-61(66)73-52-58(64)53-75-80(69,70)76-54-59(65)55-77-81(71,72)78-57-60(79-63(68)51-48-45-42-39-34-21-18-15-12-9-6-3)56-74-62(67)50-47-44-41-38-35-32-23-20-17-14-11-8-5-2/h7,10,16,19-20,23-25,27-28,30-31,58-60,64-65H,4-6,8-9,11-15,17-18,21-22,26,29,32-57H2,1-3H3,(H,69,70)(H,71,72)/b10-7-,19-16-,23-20-,25-24-,28-27-,31-30-. The predicted octanol–water partition coefficient (Wildman–Crippen LogP) is 16.4. The van der Waals surface area contributed by atoms with Crippen molar-refractivity contribution in [2.45, 2.75) is 270 Å². The fourth-order valence-electron chi connectivity index (χ4n) is 8.12. The molecule has 0 aliphatic carbocycles. The molecule has 0 saturated carbocycles. The molecular formula is C63H112O16P2. The van der Waals surface area contributed by atoms with Crippen LogP contribution in [0.2, 0.25) is 0 Å². The molecule has 0 aromatic rings. The van der Waals surface area contributed by atoms with Gasteiger partial charge in [-0.3, -0.25) is 32.5 Å². The van der Waals surface area contributed by atoms with E-state index in [4.69, 9.17) is 32.3 Å². The Hall–Kier alpha value is -3.01. The van der Waals surface area contributed by atoms with Gasteiger partial charge in [-0.25, -0.2) is 9.13 Å². The number of unbranched alkanes of at least 4 members (excludes halogenated alkanes) is 24.